The number of hydrogen-bond donors (Lipinski definition) is 2. The Morgan fingerprint density at radius 1 is 1.15 bits per heavy atom. The number of benzene rings is 2. The first-order chi connectivity index (χ1) is 12.8. The largest absolute Gasteiger partial charge is 0.436 e. The fraction of sp³-hybridized carbons (Fsp3) is 0. The van der Waals surface area contributed by atoms with Crippen LogP contribution in [0.25, 0.3) is 11.0 Å². The van der Waals surface area contributed by atoms with E-state index in [-0.39, 0.29) is 22.4 Å². The van der Waals surface area contributed by atoms with Gasteiger partial charge in [-0.2, -0.15) is 0 Å². The molecule has 0 spiro atoms. The molecule has 9 nitrogen and oxygen atoms in total. The lowest BCUT2D eigenvalue weighted by Gasteiger charge is -2.03. The van der Waals surface area contributed by atoms with E-state index in [2.05, 4.69) is 10.5 Å². The first-order valence-corrected chi connectivity index (χ1v) is 7.84. The van der Waals surface area contributed by atoms with Gasteiger partial charge in [-0.1, -0.05) is 11.6 Å². The van der Waals surface area contributed by atoms with Crippen molar-refractivity contribution in [3.8, 4) is 0 Å². The van der Waals surface area contributed by atoms with E-state index in [0.29, 0.717) is 16.0 Å². The van der Waals surface area contributed by atoms with Gasteiger partial charge in [0, 0.05) is 28.1 Å². The molecule has 1 aromatic heterocycles. The number of fused-ring (bicyclic) bond motifs is 1. The summed E-state index contributed by atoms with van der Waals surface area (Å²) >= 11 is 5.91. The van der Waals surface area contributed by atoms with Gasteiger partial charge in [0.15, 0.2) is 0 Å². The number of carbonyl (C=O) groups is 2. The van der Waals surface area contributed by atoms with Crippen LogP contribution in [0.4, 0.5) is 5.69 Å². The van der Waals surface area contributed by atoms with E-state index in [1.165, 1.54) is 30.3 Å². The number of nitrogens with two attached hydrogens (primary N) is 1. The lowest BCUT2D eigenvalue weighted by atomic mass is 10.2. The zero-order chi connectivity index (χ0) is 19.6. The van der Waals surface area contributed by atoms with E-state index in [0.717, 1.165) is 0 Å². The summed E-state index contributed by atoms with van der Waals surface area (Å²) in [5.74, 6) is -1.45. The second kappa shape index (κ2) is 7.26. The third-order valence-electron chi connectivity index (χ3n) is 3.57. The SMILES string of the molecule is NC(=O)c1cc2cc(Cl)ccc2oc1=NNC(=O)c1ccc([N+](=O)[O-])cc1. The molecule has 0 fully saturated rings. The molecule has 3 aromatic rings. The van der Waals surface area contributed by atoms with Crippen molar-refractivity contribution in [2.45, 2.75) is 0 Å². The monoisotopic (exact) mass is 386 g/mol. The molecule has 3 rings (SSSR count). The lowest BCUT2D eigenvalue weighted by Crippen LogP contribution is -2.27. The highest BCUT2D eigenvalue weighted by atomic mass is 35.5. The Balaban J connectivity index is 1.95. The highest BCUT2D eigenvalue weighted by Gasteiger charge is 2.12. The van der Waals surface area contributed by atoms with E-state index in [1.807, 2.05) is 0 Å². The van der Waals surface area contributed by atoms with Gasteiger partial charge in [-0.05, 0) is 36.4 Å². The van der Waals surface area contributed by atoms with Gasteiger partial charge in [0.05, 0.1) is 4.92 Å². The molecule has 0 atom stereocenters. The molecule has 0 aliphatic rings. The van der Waals surface area contributed by atoms with Crippen LogP contribution < -0.4 is 16.7 Å². The second-order valence-electron chi connectivity index (χ2n) is 5.37. The lowest BCUT2D eigenvalue weighted by molar-refractivity contribution is -0.384. The number of nitrogens with zero attached hydrogens (tertiary/aromatic N) is 2. The van der Waals surface area contributed by atoms with Gasteiger partial charge in [0.1, 0.15) is 11.1 Å². The molecular weight excluding hydrogens is 376 g/mol. The first-order valence-electron chi connectivity index (χ1n) is 7.47. The predicted octanol–water partition coefficient (Wildman–Crippen LogP) is 2.34. The van der Waals surface area contributed by atoms with Crippen LogP contribution in [0.15, 0.2) is 58.0 Å². The van der Waals surface area contributed by atoms with Crippen molar-refractivity contribution in [1.82, 2.24) is 5.43 Å². The summed E-state index contributed by atoms with van der Waals surface area (Å²) in [5, 5.41) is 15.4. The number of nitro groups is 1. The standard InChI is InChI=1S/C17H11ClN4O5/c18-11-3-6-14-10(7-11)8-13(15(19)23)17(27-14)21-20-16(24)9-1-4-12(5-2-9)22(25)26/h1-8H,(H2,19,23)(H,20,24). The highest BCUT2D eigenvalue weighted by Crippen LogP contribution is 2.18. The molecule has 0 unspecified atom stereocenters. The van der Waals surface area contributed by atoms with E-state index in [4.69, 9.17) is 21.8 Å². The fourth-order valence-electron chi connectivity index (χ4n) is 2.26. The molecule has 0 bridgehead atoms. The number of halogens is 1. The summed E-state index contributed by atoms with van der Waals surface area (Å²) in [6, 6.07) is 11.1. The maximum absolute atomic E-state index is 12.1. The number of carbonyl (C=O) groups excluding carboxylic acids is 2. The summed E-state index contributed by atoms with van der Waals surface area (Å²) in [6.45, 7) is 0. The van der Waals surface area contributed by atoms with Gasteiger partial charge in [0.25, 0.3) is 17.5 Å². The van der Waals surface area contributed by atoms with Crippen molar-refractivity contribution in [2.75, 3.05) is 0 Å². The van der Waals surface area contributed by atoms with E-state index in [9.17, 15) is 19.7 Å². The Labute approximate surface area is 156 Å². The summed E-state index contributed by atoms with van der Waals surface area (Å²) < 4.78 is 5.52. The van der Waals surface area contributed by atoms with Crippen molar-refractivity contribution in [1.29, 1.82) is 0 Å². The van der Waals surface area contributed by atoms with Crippen LogP contribution in [0.3, 0.4) is 0 Å². The quantitative estimate of drug-likeness (QED) is 0.523. The average Bonchev–Trinajstić information content (AvgIpc) is 2.65. The Hall–Kier alpha value is -3.72. The summed E-state index contributed by atoms with van der Waals surface area (Å²) in [5.41, 5.74) is 7.70. The van der Waals surface area contributed by atoms with Gasteiger partial charge in [-0.25, -0.2) is 5.43 Å². The molecule has 10 heteroatoms. The molecular formula is C17H11ClN4O5. The summed E-state index contributed by atoms with van der Waals surface area (Å²) in [6.07, 6.45) is 0. The van der Waals surface area contributed by atoms with Crippen LogP contribution >= 0.6 is 11.6 Å². The Morgan fingerprint density at radius 2 is 1.85 bits per heavy atom. The zero-order valence-electron chi connectivity index (χ0n) is 13.5. The van der Waals surface area contributed by atoms with Crippen LogP contribution in [0.5, 0.6) is 0 Å². The zero-order valence-corrected chi connectivity index (χ0v) is 14.3. The van der Waals surface area contributed by atoms with Gasteiger partial charge in [-0.3, -0.25) is 19.7 Å². The number of primary amides is 1. The Morgan fingerprint density at radius 3 is 2.48 bits per heavy atom. The van der Waals surface area contributed by atoms with Crippen molar-refractivity contribution in [3.05, 3.63) is 80.3 Å². The fourth-order valence-corrected chi connectivity index (χ4v) is 2.44. The van der Waals surface area contributed by atoms with Gasteiger partial charge >= 0.3 is 0 Å². The number of rotatable bonds is 4. The van der Waals surface area contributed by atoms with Gasteiger partial charge < -0.3 is 10.2 Å². The summed E-state index contributed by atoms with van der Waals surface area (Å²) in [4.78, 5) is 33.9. The molecule has 0 radical (unpaired) electrons. The summed E-state index contributed by atoms with van der Waals surface area (Å²) in [7, 11) is 0. The van der Waals surface area contributed by atoms with Crippen LogP contribution in [-0.2, 0) is 0 Å². The number of non-ortho nitro benzene ring substituents is 1. The second-order valence-corrected chi connectivity index (χ2v) is 5.80. The number of amides is 2. The molecule has 27 heavy (non-hydrogen) atoms. The number of nitrogens with one attached hydrogen (secondary N) is 1. The van der Waals surface area contributed by atoms with Crippen molar-refractivity contribution in [2.24, 2.45) is 10.8 Å². The van der Waals surface area contributed by atoms with E-state index in [1.54, 1.807) is 18.2 Å². The first kappa shape index (κ1) is 18.1. The van der Waals surface area contributed by atoms with Crippen molar-refractivity contribution < 1.29 is 18.9 Å². The van der Waals surface area contributed by atoms with Crippen LogP contribution in [0, 0.1) is 10.1 Å². The molecule has 1 heterocycles. The van der Waals surface area contributed by atoms with E-state index >= 15 is 0 Å². The maximum atomic E-state index is 12.1. The molecule has 3 N–H and O–H groups in total. The van der Waals surface area contributed by atoms with Crippen molar-refractivity contribution in [3.63, 3.8) is 0 Å². The molecule has 2 amide bonds. The molecule has 0 saturated carbocycles. The number of hydrogen-bond acceptors (Lipinski definition) is 6. The smallest absolute Gasteiger partial charge is 0.271 e. The minimum atomic E-state index is -0.802. The van der Waals surface area contributed by atoms with Crippen LogP contribution in [0.2, 0.25) is 5.02 Å². The normalized spacial score (nSPS) is 11.4. The van der Waals surface area contributed by atoms with Gasteiger partial charge in [-0.15, -0.1) is 5.10 Å². The minimum Gasteiger partial charge on any atom is -0.436 e. The maximum Gasteiger partial charge on any atom is 0.271 e. The molecule has 136 valence electrons. The Kier molecular flexibility index (Phi) is 4.86. The predicted molar refractivity (Wildman–Crippen MR) is 95.9 cm³/mol. The van der Waals surface area contributed by atoms with E-state index < -0.39 is 16.7 Å². The topological polar surface area (TPSA) is 141 Å². The third-order valence-corrected chi connectivity index (χ3v) is 3.81. The minimum absolute atomic E-state index is 0.0474. The number of nitro benzene ring substituents is 1. The highest BCUT2D eigenvalue weighted by molar-refractivity contribution is 6.31. The molecule has 0 saturated heterocycles. The molecule has 0 aliphatic carbocycles. The van der Waals surface area contributed by atoms with Gasteiger partial charge in [0.2, 0.25) is 5.55 Å². The van der Waals surface area contributed by atoms with Crippen molar-refractivity contribution >= 4 is 40.1 Å². The van der Waals surface area contributed by atoms with Crippen LogP contribution in [0.1, 0.15) is 20.7 Å². The van der Waals surface area contributed by atoms with Crippen LogP contribution in [-0.4, -0.2) is 16.7 Å². The Bertz CT molecular complexity index is 1140. The third kappa shape index (κ3) is 3.93. The molecule has 0 aliphatic heterocycles. The average molecular weight is 387 g/mol. The molecule has 2 aromatic carbocycles.